The Morgan fingerprint density at radius 1 is 1.35 bits per heavy atom. The molecule has 4 N–H and O–H groups in total. The molecule has 0 saturated carbocycles. The predicted octanol–water partition coefficient (Wildman–Crippen LogP) is 2.62. The number of benzene rings is 1. The third-order valence-electron chi connectivity index (χ3n) is 2.77. The van der Waals surface area contributed by atoms with E-state index in [4.69, 9.17) is 10.8 Å². The van der Waals surface area contributed by atoms with Crippen LogP contribution in [0.2, 0.25) is 0 Å². The van der Waals surface area contributed by atoms with Gasteiger partial charge in [-0.05, 0) is 12.0 Å². The summed E-state index contributed by atoms with van der Waals surface area (Å²) in [5.74, 6) is 0. The highest BCUT2D eigenvalue weighted by molar-refractivity contribution is 5.32. The number of aliphatic hydroxyl groups excluding tert-OH is 1. The second-order valence-electron chi connectivity index (χ2n) is 4.18. The van der Waals surface area contributed by atoms with Gasteiger partial charge in [0.2, 0.25) is 0 Å². The van der Waals surface area contributed by atoms with Crippen molar-refractivity contribution in [3.05, 3.63) is 59.9 Å². The highest BCUT2D eigenvalue weighted by Crippen LogP contribution is 2.30. The predicted molar refractivity (Wildman–Crippen MR) is 71.5 cm³/mol. The molecule has 0 aliphatic heterocycles. The van der Waals surface area contributed by atoms with Crippen LogP contribution in [0, 0.1) is 0 Å². The van der Waals surface area contributed by atoms with Gasteiger partial charge in [0.15, 0.2) is 0 Å². The summed E-state index contributed by atoms with van der Waals surface area (Å²) in [7, 11) is 0. The van der Waals surface area contributed by atoms with Gasteiger partial charge in [0.1, 0.15) is 0 Å². The summed E-state index contributed by atoms with van der Waals surface area (Å²) in [5.41, 5.74) is 4.45. The Kier molecular flexibility index (Phi) is 5.64. The fraction of sp³-hybridized carbons (Fsp3) is 0.286. The number of halogens is 3. The zero-order chi connectivity index (χ0) is 15.2. The molecular formula is C14H17F3N2O. The minimum absolute atomic E-state index is 0.159. The van der Waals surface area contributed by atoms with E-state index in [1.54, 1.807) is 30.3 Å². The normalized spacial score (nSPS) is 13.9. The maximum Gasteiger partial charge on any atom is 0.419 e. The van der Waals surface area contributed by atoms with Gasteiger partial charge in [-0.25, -0.2) is 0 Å². The van der Waals surface area contributed by atoms with Crippen molar-refractivity contribution in [1.29, 1.82) is 0 Å². The first-order valence-corrected chi connectivity index (χ1v) is 6.01. The minimum atomic E-state index is -4.57. The third kappa shape index (κ3) is 4.31. The summed E-state index contributed by atoms with van der Waals surface area (Å²) >= 11 is 0. The lowest BCUT2D eigenvalue weighted by Crippen LogP contribution is -2.27. The third-order valence-corrected chi connectivity index (χ3v) is 2.77. The molecule has 0 fully saturated rings. The molecule has 0 saturated heterocycles. The highest BCUT2D eigenvalue weighted by atomic mass is 19.4. The SMILES string of the molecule is C=C(NC(CCO)c1ccccc1)/C(=C\N)C(F)(F)F. The standard InChI is InChI=1S/C14H17F3N2O/c1-10(12(9-18)14(15,16)17)19-13(7-8-20)11-5-3-2-4-6-11/h2-6,9,13,19-20H,1,7-8,18H2/b12-9+. The van der Waals surface area contributed by atoms with Gasteiger partial charge in [-0.15, -0.1) is 0 Å². The largest absolute Gasteiger partial charge is 0.419 e. The maximum absolute atomic E-state index is 12.7. The second-order valence-corrected chi connectivity index (χ2v) is 4.18. The molecule has 0 bridgehead atoms. The van der Waals surface area contributed by atoms with Gasteiger partial charge in [-0.3, -0.25) is 0 Å². The van der Waals surface area contributed by atoms with Gasteiger partial charge in [0, 0.05) is 18.5 Å². The fourth-order valence-corrected chi connectivity index (χ4v) is 1.79. The molecule has 0 aliphatic rings. The Morgan fingerprint density at radius 3 is 2.40 bits per heavy atom. The lowest BCUT2D eigenvalue weighted by atomic mass is 10.0. The summed E-state index contributed by atoms with van der Waals surface area (Å²) in [4.78, 5) is 0. The monoisotopic (exact) mass is 286 g/mol. The van der Waals surface area contributed by atoms with E-state index < -0.39 is 17.8 Å². The number of hydrogen-bond donors (Lipinski definition) is 3. The van der Waals surface area contributed by atoms with E-state index in [1.807, 2.05) is 0 Å². The molecule has 0 aromatic heterocycles. The first-order chi connectivity index (χ1) is 9.40. The van der Waals surface area contributed by atoms with E-state index in [9.17, 15) is 13.2 Å². The molecule has 6 heteroatoms. The topological polar surface area (TPSA) is 58.3 Å². The van der Waals surface area contributed by atoms with Gasteiger partial charge in [-0.2, -0.15) is 13.2 Å². The Morgan fingerprint density at radius 2 is 1.95 bits per heavy atom. The molecule has 1 unspecified atom stereocenters. The van der Waals surface area contributed by atoms with E-state index >= 15 is 0 Å². The molecule has 0 aliphatic carbocycles. The molecular weight excluding hydrogens is 269 g/mol. The second kappa shape index (κ2) is 7.00. The smallest absolute Gasteiger partial charge is 0.404 e. The van der Waals surface area contributed by atoms with Crippen LogP contribution in [0.4, 0.5) is 13.2 Å². The van der Waals surface area contributed by atoms with Crippen molar-refractivity contribution in [2.75, 3.05) is 6.61 Å². The zero-order valence-corrected chi connectivity index (χ0v) is 10.8. The van der Waals surface area contributed by atoms with Gasteiger partial charge >= 0.3 is 6.18 Å². The number of nitrogens with one attached hydrogen (secondary N) is 1. The van der Waals surface area contributed by atoms with Crippen LogP contribution in [-0.2, 0) is 0 Å². The Hall–Kier alpha value is -1.95. The van der Waals surface area contributed by atoms with Gasteiger partial charge in [0.05, 0.1) is 11.6 Å². The lowest BCUT2D eigenvalue weighted by Gasteiger charge is -2.23. The number of rotatable bonds is 6. The number of aliphatic hydroxyl groups is 1. The van der Waals surface area contributed by atoms with Crippen molar-refractivity contribution in [2.24, 2.45) is 5.73 Å². The van der Waals surface area contributed by atoms with Crippen LogP contribution in [0.15, 0.2) is 54.4 Å². The van der Waals surface area contributed by atoms with E-state index in [2.05, 4.69) is 11.9 Å². The first kappa shape index (κ1) is 16.1. The van der Waals surface area contributed by atoms with Crippen LogP contribution in [-0.4, -0.2) is 17.9 Å². The zero-order valence-electron chi connectivity index (χ0n) is 10.8. The number of alkyl halides is 3. The molecule has 1 aromatic carbocycles. The van der Waals surface area contributed by atoms with Gasteiger partial charge in [-0.1, -0.05) is 36.9 Å². The first-order valence-electron chi connectivity index (χ1n) is 6.01. The van der Waals surface area contributed by atoms with Crippen LogP contribution < -0.4 is 11.1 Å². The van der Waals surface area contributed by atoms with E-state index in [0.717, 1.165) is 5.56 Å². The Bertz CT molecular complexity index is 469. The van der Waals surface area contributed by atoms with E-state index in [-0.39, 0.29) is 18.7 Å². The van der Waals surface area contributed by atoms with Crippen molar-refractivity contribution < 1.29 is 18.3 Å². The number of nitrogens with two attached hydrogens (primary N) is 1. The number of allylic oxidation sites excluding steroid dienone is 1. The van der Waals surface area contributed by atoms with Crippen molar-refractivity contribution in [2.45, 2.75) is 18.6 Å². The van der Waals surface area contributed by atoms with Crippen LogP contribution in [0.25, 0.3) is 0 Å². The fourth-order valence-electron chi connectivity index (χ4n) is 1.79. The minimum Gasteiger partial charge on any atom is -0.404 e. The van der Waals surface area contributed by atoms with Crippen LogP contribution in [0.1, 0.15) is 18.0 Å². The quantitative estimate of drug-likeness (QED) is 0.705. The summed E-state index contributed by atoms with van der Waals surface area (Å²) < 4.78 is 38.1. The van der Waals surface area contributed by atoms with Crippen molar-refractivity contribution in [1.82, 2.24) is 5.32 Å². The molecule has 0 radical (unpaired) electrons. The van der Waals surface area contributed by atoms with Gasteiger partial charge in [0.25, 0.3) is 0 Å². The molecule has 110 valence electrons. The molecule has 1 rings (SSSR count). The Balaban J connectivity index is 2.89. The molecule has 0 spiro atoms. The van der Waals surface area contributed by atoms with Crippen LogP contribution in [0.3, 0.4) is 0 Å². The lowest BCUT2D eigenvalue weighted by molar-refractivity contribution is -0.0901. The maximum atomic E-state index is 12.7. The van der Waals surface area contributed by atoms with Gasteiger partial charge < -0.3 is 16.2 Å². The van der Waals surface area contributed by atoms with Crippen LogP contribution >= 0.6 is 0 Å². The Labute approximate surface area is 115 Å². The van der Waals surface area contributed by atoms with Crippen LogP contribution in [0.5, 0.6) is 0 Å². The van der Waals surface area contributed by atoms with E-state index in [0.29, 0.717) is 6.20 Å². The average molecular weight is 286 g/mol. The molecule has 20 heavy (non-hydrogen) atoms. The highest BCUT2D eigenvalue weighted by Gasteiger charge is 2.35. The molecule has 0 heterocycles. The summed E-state index contributed by atoms with van der Waals surface area (Å²) in [6, 6.07) is 8.40. The van der Waals surface area contributed by atoms with Crippen molar-refractivity contribution in [3.8, 4) is 0 Å². The number of hydrogen-bond acceptors (Lipinski definition) is 3. The summed E-state index contributed by atoms with van der Waals surface area (Å²) in [6.45, 7) is 3.22. The van der Waals surface area contributed by atoms with Crippen molar-refractivity contribution >= 4 is 0 Å². The van der Waals surface area contributed by atoms with E-state index in [1.165, 1.54) is 0 Å². The summed E-state index contributed by atoms with van der Waals surface area (Å²) in [5, 5.41) is 11.7. The molecule has 1 atom stereocenters. The molecule has 3 nitrogen and oxygen atoms in total. The summed E-state index contributed by atoms with van der Waals surface area (Å²) in [6.07, 6.45) is -3.83. The average Bonchev–Trinajstić information content (AvgIpc) is 2.38. The van der Waals surface area contributed by atoms with Crippen molar-refractivity contribution in [3.63, 3.8) is 0 Å². The molecule has 1 aromatic rings. The molecule has 0 amide bonds.